The Balaban J connectivity index is 2.39. The van der Waals surface area contributed by atoms with Crippen molar-refractivity contribution in [2.45, 2.75) is 25.8 Å². The molecule has 1 atom stereocenters. The minimum atomic E-state index is -3.07. The highest BCUT2D eigenvalue weighted by atomic mass is 32.2. The van der Waals surface area contributed by atoms with Gasteiger partial charge in [-0.1, -0.05) is 6.92 Å². The van der Waals surface area contributed by atoms with Crippen LogP contribution in [0, 0.1) is 0 Å². The fourth-order valence-corrected chi connectivity index (χ4v) is 4.81. The highest BCUT2D eigenvalue weighted by molar-refractivity contribution is 7.91. The summed E-state index contributed by atoms with van der Waals surface area (Å²) in [5.74, 6) is 1.10. The van der Waals surface area contributed by atoms with Crippen molar-refractivity contribution in [3.63, 3.8) is 0 Å². The summed E-state index contributed by atoms with van der Waals surface area (Å²) >= 11 is 0. The lowest BCUT2D eigenvalue weighted by atomic mass is 10.1. The molecule has 25 heavy (non-hydrogen) atoms. The second kappa shape index (κ2) is 7.95. The van der Waals surface area contributed by atoms with Gasteiger partial charge in [-0.15, -0.1) is 0 Å². The molecule has 8 heteroatoms. The van der Waals surface area contributed by atoms with Crippen LogP contribution in [0.25, 0.3) is 0 Å². The summed E-state index contributed by atoms with van der Waals surface area (Å²) in [5.41, 5.74) is 0.382. The van der Waals surface area contributed by atoms with E-state index < -0.39 is 9.84 Å². The van der Waals surface area contributed by atoms with Crippen LogP contribution in [0.1, 0.15) is 30.1 Å². The van der Waals surface area contributed by atoms with Gasteiger partial charge in [0.25, 0.3) is 5.91 Å². The van der Waals surface area contributed by atoms with Crippen LogP contribution in [0.3, 0.4) is 0 Å². The van der Waals surface area contributed by atoms with E-state index in [2.05, 4.69) is 0 Å². The van der Waals surface area contributed by atoms with Crippen LogP contribution in [0.15, 0.2) is 12.1 Å². The highest BCUT2D eigenvalue weighted by Gasteiger charge is 2.35. The molecule has 1 aliphatic heterocycles. The first-order valence-corrected chi connectivity index (χ1v) is 10.00. The molecule has 1 aromatic rings. The summed E-state index contributed by atoms with van der Waals surface area (Å²) in [6.07, 6.45) is 1.21. The fraction of sp³-hybridized carbons (Fsp3) is 0.588. The van der Waals surface area contributed by atoms with E-state index in [0.717, 1.165) is 6.42 Å². The summed E-state index contributed by atoms with van der Waals surface area (Å²) in [6.45, 7) is 2.45. The average Bonchev–Trinajstić information content (AvgIpc) is 2.97. The smallest absolute Gasteiger partial charge is 0.254 e. The number of carbonyl (C=O) groups excluding carboxylic acids is 1. The first kappa shape index (κ1) is 19.4. The van der Waals surface area contributed by atoms with E-state index >= 15 is 0 Å². The first-order chi connectivity index (χ1) is 11.9. The van der Waals surface area contributed by atoms with Crippen molar-refractivity contribution in [3.8, 4) is 17.2 Å². The molecule has 1 aliphatic rings. The van der Waals surface area contributed by atoms with Crippen molar-refractivity contribution in [1.82, 2.24) is 4.90 Å². The van der Waals surface area contributed by atoms with Gasteiger partial charge in [0.2, 0.25) is 5.75 Å². The molecular weight excluding hydrogens is 346 g/mol. The van der Waals surface area contributed by atoms with Crippen LogP contribution in [-0.2, 0) is 9.84 Å². The third kappa shape index (κ3) is 4.18. The highest BCUT2D eigenvalue weighted by Crippen LogP contribution is 2.38. The second-order valence-corrected chi connectivity index (χ2v) is 8.20. The van der Waals surface area contributed by atoms with Crippen molar-refractivity contribution in [3.05, 3.63) is 17.7 Å². The molecular formula is C17H25NO6S. The SMILES string of the molecule is CCCN(C(=O)c1cc(OC)c(OC)c(OC)c1)[C@H]1CCS(=O)(=O)C1. The Hall–Kier alpha value is -1.96. The monoisotopic (exact) mass is 371 g/mol. The molecule has 1 aromatic carbocycles. The maximum atomic E-state index is 13.0. The number of methoxy groups -OCH3 is 3. The van der Waals surface area contributed by atoms with Gasteiger partial charge in [0.15, 0.2) is 21.3 Å². The van der Waals surface area contributed by atoms with Gasteiger partial charge in [-0.05, 0) is 25.0 Å². The Morgan fingerprint density at radius 1 is 1.16 bits per heavy atom. The summed E-state index contributed by atoms with van der Waals surface area (Å²) in [5, 5.41) is 0. The number of benzene rings is 1. The van der Waals surface area contributed by atoms with Crippen LogP contribution >= 0.6 is 0 Å². The van der Waals surface area contributed by atoms with E-state index in [4.69, 9.17) is 14.2 Å². The number of ether oxygens (including phenoxy) is 3. The minimum Gasteiger partial charge on any atom is -0.493 e. The van der Waals surface area contributed by atoms with Crippen molar-refractivity contribution in [2.24, 2.45) is 0 Å². The summed E-state index contributed by atoms with van der Waals surface area (Å²) < 4.78 is 39.5. The Morgan fingerprint density at radius 3 is 2.16 bits per heavy atom. The van der Waals surface area contributed by atoms with Crippen molar-refractivity contribution in [1.29, 1.82) is 0 Å². The molecule has 1 amide bonds. The molecule has 0 aromatic heterocycles. The zero-order chi connectivity index (χ0) is 18.6. The number of carbonyl (C=O) groups is 1. The van der Waals surface area contributed by atoms with E-state index in [1.165, 1.54) is 21.3 Å². The van der Waals surface area contributed by atoms with Crippen LogP contribution in [-0.4, -0.2) is 64.6 Å². The number of sulfone groups is 1. The van der Waals surface area contributed by atoms with Gasteiger partial charge in [-0.25, -0.2) is 8.42 Å². The van der Waals surface area contributed by atoms with E-state index in [9.17, 15) is 13.2 Å². The van der Waals surface area contributed by atoms with Gasteiger partial charge in [0.05, 0.1) is 32.8 Å². The lowest BCUT2D eigenvalue weighted by Crippen LogP contribution is -2.41. The normalized spacial score (nSPS) is 18.6. The molecule has 0 N–H and O–H groups in total. The lowest BCUT2D eigenvalue weighted by Gasteiger charge is -2.28. The maximum Gasteiger partial charge on any atom is 0.254 e. The second-order valence-electron chi connectivity index (χ2n) is 5.97. The molecule has 0 radical (unpaired) electrons. The van der Waals surface area contributed by atoms with Crippen LogP contribution in [0.4, 0.5) is 0 Å². The predicted molar refractivity (Wildman–Crippen MR) is 94.5 cm³/mol. The topological polar surface area (TPSA) is 82.1 Å². The molecule has 0 bridgehead atoms. The zero-order valence-corrected chi connectivity index (χ0v) is 15.9. The molecule has 140 valence electrons. The Bertz CT molecular complexity index is 706. The number of hydrogen-bond donors (Lipinski definition) is 0. The standard InChI is InChI=1S/C17H25NO6S/c1-5-7-18(13-6-8-25(20,21)11-13)17(19)12-9-14(22-2)16(24-4)15(10-12)23-3/h9-10,13H,5-8,11H2,1-4H3/t13-/m0/s1. The molecule has 1 fully saturated rings. The molecule has 0 unspecified atom stereocenters. The first-order valence-electron chi connectivity index (χ1n) is 8.18. The van der Waals surface area contributed by atoms with Gasteiger partial charge in [0, 0.05) is 18.2 Å². The van der Waals surface area contributed by atoms with E-state index in [1.54, 1.807) is 17.0 Å². The molecule has 1 saturated heterocycles. The predicted octanol–water partition coefficient (Wildman–Crippen LogP) is 1.75. The third-order valence-corrected chi connectivity index (χ3v) is 6.04. The van der Waals surface area contributed by atoms with E-state index in [1.807, 2.05) is 6.92 Å². The number of nitrogens with zero attached hydrogens (tertiary/aromatic N) is 1. The largest absolute Gasteiger partial charge is 0.493 e. The van der Waals surface area contributed by atoms with Gasteiger partial charge >= 0.3 is 0 Å². The van der Waals surface area contributed by atoms with E-state index in [-0.39, 0.29) is 23.5 Å². The van der Waals surface area contributed by atoms with Crippen LogP contribution in [0.5, 0.6) is 17.2 Å². The Kier molecular flexibility index (Phi) is 6.16. The van der Waals surface area contributed by atoms with Crippen molar-refractivity contribution in [2.75, 3.05) is 39.4 Å². The molecule has 0 aliphatic carbocycles. The minimum absolute atomic E-state index is 0.0170. The summed E-state index contributed by atoms with van der Waals surface area (Å²) in [7, 11) is 1.39. The summed E-state index contributed by atoms with van der Waals surface area (Å²) in [4.78, 5) is 14.7. The van der Waals surface area contributed by atoms with Gasteiger partial charge in [0.1, 0.15) is 0 Å². The summed E-state index contributed by atoms with van der Waals surface area (Å²) in [6, 6.07) is 2.89. The fourth-order valence-electron chi connectivity index (χ4n) is 3.08. The molecule has 1 heterocycles. The van der Waals surface area contributed by atoms with E-state index in [0.29, 0.717) is 35.8 Å². The molecule has 0 spiro atoms. The quantitative estimate of drug-likeness (QED) is 0.726. The van der Waals surface area contributed by atoms with Crippen molar-refractivity contribution < 1.29 is 27.4 Å². The van der Waals surface area contributed by atoms with Crippen LogP contribution in [0.2, 0.25) is 0 Å². The van der Waals surface area contributed by atoms with Gasteiger partial charge in [-0.2, -0.15) is 0 Å². The molecule has 7 nitrogen and oxygen atoms in total. The number of hydrogen-bond acceptors (Lipinski definition) is 6. The van der Waals surface area contributed by atoms with Gasteiger partial charge in [-0.3, -0.25) is 4.79 Å². The van der Waals surface area contributed by atoms with Crippen LogP contribution < -0.4 is 14.2 Å². The number of amides is 1. The third-order valence-electron chi connectivity index (χ3n) is 4.29. The molecule has 0 saturated carbocycles. The van der Waals surface area contributed by atoms with Gasteiger partial charge < -0.3 is 19.1 Å². The Labute approximate surface area is 148 Å². The maximum absolute atomic E-state index is 13.0. The number of rotatable bonds is 7. The Morgan fingerprint density at radius 2 is 1.76 bits per heavy atom. The average molecular weight is 371 g/mol. The molecule has 2 rings (SSSR count). The zero-order valence-electron chi connectivity index (χ0n) is 15.1. The van der Waals surface area contributed by atoms with Crippen molar-refractivity contribution >= 4 is 15.7 Å². The lowest BCUT2D eigenvalue weighted by molar-refractivity contribution is 0.0696.